The standard InChI is InChI=1S/C23H35NO2.CH4O3S/c1-5-6-7-8-18(25)11-12-23(3)21-15-17-9-10-19(26)16-20(17)22(23,2)13-14-24(21)4;1-5(2,3)4/h9-10,16,21,26H,5-8,11-15H2,1-4H3;1H3,(H,2,3,4)/t21-,22-,23?;/m0./s1. The Morgan fingerprint density at radius 1 is 1.23 bits per heavy atom. The van der Waals surface area contributed by atoms with Gasteiger partial charge < -0.3 is 10.0 Å². The van der Waals surface area contributed by atoms with Crippen molar-refractivity contribution in [1.29, 1.82) is 0 Å². The Bertz CT molecular complexity index is 876. The second-order valence-corrected chi connectivity index (χ2v) is 11.2. The van der Waals surface area contributed by atoms with Gasteiger partial charge in [0.25, 0.3) is 10.1 Å². The van der Waals surface area contributed by atoms with Crippen molar-refractivity contribution in [3.63, 3.8) is 0 Å². The molecule has 0 amide bonds. The number of fused-ring (bicyclic) bond motifs is 4. The summed E-state index contributed by atoms with van der Waals surface area (Å²) in [6, 6.07) is 6.36. The zero-order valence-corrected chi connectivity index (χ0v) is 20.5. The van der Waals surface area contributed by atoms with Crippen molar-refractivity contribution < 1.29 is 22.9 Å². The van der Waals surface area contributed by atoms with Gasteiger partial charge in [0.05, 0.1) is 6.26 Å². The van der Waals surface area contributed by atoms with Crippen LogP contribution in [-0.4, -0.2) is 54.7 Å². The van der Waals surface area contributed by atoms with Crippen molar-refractivity contribution in [3.05, 3.63) is 29.3 Å². The molecule has 0 spiro atoms. The molecule has 0 aromatic heterocycles. The molecule has 7 heteroatoms. The van der Waals surface area contributed by atoms with Crippen molar-refractivity contribution in [1.82, 2.24) is 4.90 Å². The van der Waals surface area contributed by atoms with E-state index in [1.54, 1.807) is 0 Å². The lowest BCUT2D eigenvalue weighted by atomic mass is 9.49. The highest BCUT2D eigenvalue weighted by Crippen LogP contribution is 2.58. The topological polar surface area (TPSA) is 94.9 Å². The van der Waals surface area contributed by atoms with Crippen molar-refractivity contribution in [2.24, 2.45) is 5.41 Å². The number of likely N-dealkylation sites (tertiary alicyclic amines) is 1. The third-order valence-corrected chi connectivity index (χ3v) is 7.58. The van der Waals surface area contributed by atoms with E-state index in [1.807, 2.05) is 12.1 Å². The van der Waals surface area contributed by atoms with Crippen LogP contribution in [0.4, 0.5) is 0 Å². The van der Waals surface area contributed by atoms with E-state index in [0.717, 1.165) is 51.5 Å². The molecule has 3 atom stereocenters. The molecule has 1 fully saturated rings. The fourth-order valence-electron chi connectivity index (χ4n) is 5.52. The normalized spacial score (nSPS) is 27.7. The van der Waals surface area contributed by atoms with Crippen LogP contribution in [0.15, 0.2) is 18.2 Å². The van der Waals surface area contributed by atoms with E-state index >= 15 is 0 Å². The van der Waals surface area contributed by atoms with Gasteiger partial charge in [-0.15, -0.1) is 0 Å². The van der Waals surface area contributed by atoms with E-state index in [2.05, 4.69) is 38.8 Å². The quantitative estimate of drug-likeness (QED) is 0.471. The number of carbonyl (C=O) groups is 1. The summed E-state index contributed by atoms with van der Waals surface area (Å²) in [5.41, 5.74) is 2.75. The van der Waals surface area contributed by atoms with Gasteiger partial charge in [-0.25, -0.2) is 0 Å². The minimum absolute atomic E-state index is 0.0141. The molecule has 1 aromatic rings. The first-order valence-electron chi connectivity index (χ1n) is 11.3. The number of likely N-dealkylation sites (N-methyl/N-ethyl adjacent to an activating group) is 1. The van der Waals surface area contributed by atoms with Crippen molar-refractivity contribution in [3.8, 4) is 5.75 Å². The third-order valence-electron chi connectivity index (χ3n) is 7.58. The molecule has 0 saturated carbocycles. The number of unbranched alkanes of at least 4 members (excludes halogenated alkanes) is 2. The number of hydrogen-bond donors (Lipinski definition) is 2. The Morgan fingerprint density at radius 3 is 2.48 bits per heavy atom. The Kier molecular flexibility index (Phi) is 8.33. The maximum Gasteiger partial charge on any atom is 0.261 e. The molecule has 2 bridgehead atoms. The number of nitrogens with zero attached hydrogens (tertiary/aromatic N) is 1. The van der Waals surface area contributed by atoms with E-state index in [0.29, 0.717) is 30.3 Å². The summed E-state index contributed by atoms with van der Waals surface area (Å²) >= 11 is 0. The largest absolute Gasteiger partial charge is 0.508 e. The minimum Gasteiger partial charge on any atom is -0.508 e. The average Bonchev–Trinajstić information content (AvgIpc) is 2.66. The molecule has 1 aromatic carbocycles. The van der Waals surface area contributed by atoms with Gasteiger partial charge in [-0.05, 0) is 68.0 Å². The van der Waals surface area contributed by atoms with Crippen LogP contribution in [0, 0.1) is 5.41 Å². The molecule has 1 unspecified atom stereocenters. The lowest BCUT2D eigenvalue weighted by Crippen LogP contribution is -2.64. The lowest BCUT2D eigenvalue weighted by molar-refractivity contribution is -0.121. The molecule has 1 saturated heterocycles. The Balaban J connectivity index is 0.000000614. The number of aromatic hydroxyl groups is 1. The molecule has 1 aliphatic carbocycles. The van der Waals surface area contributed by atoms with Gasteiger partial charge in [0.15, 0.2) is 0 Å². The fraction of sp³-hybridized carbons (Fsp3) is 0.708. The van der Waals surface area contributed by atoms with E-state index < -0.39 is 10.1 Å². The van der Waals surface area contributed by atoms with E-state index in [1.165, 1.54) is 11.1 Å². The number of benzene rings is 1. The SMILES string of the molecule is CCCCCC(=O)CCC1(C)[C@@H]2Cc3ccc(O)cc3[C@]1(C)CCN2C.CS(=O)(=O)O. The smallest absolute Gasteiger partial charge is 0.261 e. The number of hydrogen-bond acceptors (Lipinski definition) is 5. The van der Waals surface area contributed by atoms with Crippen molar-refractivity contribution in [2.45, 2.75) is 83.6 Å². The summed E-state index contributed by atoms with van der Waals surface area (Å²) < 4.78 is 25.9. The third kappa shape index (κ3) is 6.08. The molecule has 176 valence electrons. The summed E-state index contributed by atoms with van der Waals surface area (Å²) in [5, 5.41) is 10.1. The molecule has 31 heavy (non-hydrogen) atoms. The zero-order valence-electron chi connectivity index (χ0n) is 19.6. The number of ketones is 1. The van der Waals surface area contributed by atoms with E-state index in [4.69, 9.17) is 4.55 Å². The number of rotatable bonds is 7. The number of carbonyl (C=O) groups excluding carboxylic acids is 1. The van der Waals surface area contributed by atoms with Crippen LogP contribution < -0.4 is 0 Å². The number of phenols is 1. The highest BCUT2D eigenvalue weighted by atomic mass is 32.2. The predicted octanol–water partition coefficient (Wildman–Crippen LogP) is 4.35. The average molecular weight is 454 g/mol. The second-order valence-electron chi connectivity index (χ2n) is 9.77. The van der Waals surface area contributed by atoms with Crippen LogP contribution in [0.3, 0.4) is 0 Å². The van der Waals surface area contributed by atoms with Crippen molar-refractivity contribution >= 4 is 15.9 Å². The monoisotopic (exact) mass is 453 g/mol. The van der Waals surface area contributed by atoms with Gasteiger partial charge in [-0.2, -0.15) is 8.42 Å². The molecular weight excluding hydrogens is 414 g/mol. The van der Waals surface area contributed by atoms with E-state index in [-0.39, 0.29) is 10.8 Å². The second kappa shape index (κ2) is 10.0. The number of phenolic OH excluding ortho intramolecular Hbond substituents is 1. The number of piperidine rings is 1. The van der Waals surface area contributed by atoms with Gasteiger partial charge in [0.2, 0.25) is 0 Å². The molecule has 2 N–H and O–H groups in total. The summed E-state index contributed by atoms with van der Waals surface area (Å²) in [4.78, 5) is 15.0. The van der Waals surface area contributed by atoms with Crippen LogP contribution in [0.25, 0.3) is 0 Å². The van der Waals surface area contributed by atoms with Gasteiger partial charge in [0.1, 0.15) is 11.5 Å². The van der Waals surface area contributed by atoms with E-state index in [9.17, 15) is 18.3 Å². The first-order valence-corrected chi connectivity index (χ1v) is 13.1. The first-order chi connectivity index (χ1) is 14.3. The molecule has 6 nitrogen and oxygen atoms in total. The van der Waals surface area contributed by atoms with Gasteiger partial charge in [-0.3, -0.25) is 9.35 Å². The van der Waals surface area contributed by atoms with Gasteiger partial charge in [0, 0.05) is 24.3 Å². The highest BCUT2D eigenvalue weighted by molar-refractivity contribution is 7.85. The summed E-state index contributed by atoms with van der Waals surface area (Å²) in [5.74, 6) is 0.783. The Hall–Kier alpha value is -1.44. The molecule has 1 heterocycles. The van der Waals surface area contributed by atoms with Gasteiger partial charge >= 0.3 is 0 Å². The highest BCUT2D eigenvalue weighted by Gasteiger charge is 2.57. The summed E-state index contributed by atoms with van der Waals surface area (Å²) in [6.07, 6.45) is 8.52. The van der Waals surface area contributed by atoms with Crippen LogP contribution in [0.1, 0.15) is 76.8 Å². The molecule has 2 aliphatic rings. The Morgan fingerprint density at radius 2 is 1.87 bits per heavy atom. The zero-order chi connectivity index (χ0) is 23.4. The molecule has 3 rings (SSSR count). The maximum absolute atomic E-state index is 12.5. The van der Waals surface area contributed by atoms with Crippen LogP contribution in [0.5, 0.6) is 5.75 Å². The lowest BCUT2D eigenvalue weighted by Gasteiger charge is -2.62. The molecular formula is C24H39NO5S. The van der Waals surface area contributed by atoms with Crippen LogP contribution in [-0.2, 0) is 26.7 Å². The van der Waals surface area contributed by atoms with Gasteiger partial charge in [-0.1, -0.05) is 39.7 Å². The van der Waals surface area contributed by atoms with Crippen LogP contribution >= 0.6 is 0 Å². The maximum atomic E-state index is 12.5. The molecule has 1 aliphatic heterocycles. The summed E-state index contributed by atoms with van der Waals surface area (Å²) in [7, 11) is -1.43. The summed E-state index contributed by atoms with van der Waals surface area (Å²) in [6.45, 7) is 8.01. The molecule has 0 radical (unpaired) electrons. The van der Waals surface area contributed by atoms with Crippen LogP contribution in [0.2, 0.25) is 0 Å². The van der Waals surface area contributed by atoms with Crippen molar-refractivity contribution in [2.75, 3.05) is 19.8 Å². The Labute approximate surface area is 187 Å². The predicted molar refractivity (Wildman–Crippen MR) is 124 cm³/mol. The first kappa shape index (κ1) is 25.8. The fourth-order valence-corrected chi connectivity index (χ4v) is 5.52. The number of Topliss-reactive ketones (excluding diaryl/α,β-unsaturated/α-hetero) is 1. The minimum atomic E-state index is -3.67.